The summed E-state index contributed by atoms with van der Waals surface area (Å²) in [6.07, 6.45) is 3.64. The highest BCUT2D eigenvalue weighted by molar-refractivity contribution is 9.10. The van der Waals surface area contributed by atoms with E-state index in [9.17, 15) is 4.79 Å². The van der Waals surface area contributed by atoms with Crippen molar-refractivity contribution in [2.45, 2.75) is 40.2 Å². The summed E-state index contributed by atoms with van der Waals surface area (Å²) in [5.74, 6) is 1.58. The van der Waals surface area contributed by atoms with Gasteiger partial charge in [-0.3, -0.25) is 14.0 Å². The van der Waals surface area contributed by atoms with E-state index < -0.39 is 0 Å². The topological polar surface area (TPSA) is 87.7 Å². The molecule has 0 fully saturated rings. The molecule has 8 nitrogen and oxygen atoms in total. The van der Waals surface area contributed by atoms with Crippen LogP contribution in [-0.4, -0.2) is 29.3 Å². The molecule has 1 aromatic carbocycles. The second-order valence-electron chi connectivity index (χ2n) is 8.27. The van der Waals surface area contributed by atoms with Crippen LogP contribution in [0.15, 0.2) is 45.9 Å². The Morgan fingerprint density at radius 1 is 1.18 bits per heavy atom. The minimum Gasteiger partial charge on any atom is -0.470 e. The van der Waals surface area contributed by atoms with Gasteiger partial charge in [0.25, 0.3) is 5.56 Å². The van der Waals surface area contributed by atoms with Gasteiger partial charge in [0, 0.05) is 30.9 Å². The highest BCUT2D eigenvalue weighted by Crippen LogP contribution is 2.30. The van der Waals surface area contributed by atoms with Gasteiger partial charge in [-0.05, 0) is 53.5 Å². The molecule has 34 heavy (non-hydrogen) atoms. The van der Waals surface area contributed by atoms with Crippen LogP contribution in [0.4, 0.5) is 0 Å². The van der Waals surface area contributed by atoms with Crippen molar-refractivity contribution in [2.24, 2.45) is 7.05 Å². The maximum Gasteiger partial charge on any atom is 0.276 e. The molecule has 0 atom stereocenters. The molecule has 3 aromatic heterocycles. The molecule has 176 valence electrons. The number of aryl methyl sites for hydroxylation is 3. The number of halogens is 2. The van der Waals surface area contributed by atoms with E-state index in [2.05, 4.69) is 31.0 Å². The van der Waals surface area contributed by atoms with Crippen LogP contribution in [0.25, 0.3) is 16.9 Å². The average molecular weight is 544 g/mol. The Bertz CT molecular complexity index is 1430. The first-order valence-electron chi connectivity index (χ1n) is 10.7. The predicted octanol–water partition coefficient (Wildman–Crippen LogP) is 5.16. The van der Waals surface area contributed by atoms with E-state index in [4.69, 9.17) is 21.3 Å². The molecule has 10 heteroatoms. The fourth-order valence-electron chi connectivity index (χ4n) is 3.50. The van der Waals surface area contributed by atoms with Crippen molar-refractivity contribution in [3.63, 3.8) is 0 Å². The minimum atomic E-state index is -0.329. The van der Waals surface area contributed by atoms with E-state index in [1.54, 1.807) is 17.7 Å². The van der Waals surface area contributed by atoms with Crippen molar-refractivity contribution in [1.29, 1.82) is 0 Å². The molecule has 0 saturated heterocycles. The Labute approximate surface area is 210 Å². The lowest BCUT2D eigenvalue weighted by Gasteiger charge is -2.16. The van der Waals surface area contributed by atoms with E-state index in [-0.39, 0.29) is 28.4 Å². The van der Waals surface area contributed by atoms with Gasteiger partial charge in [-0.1, -0.05) is 31.5 Å². The molecule has 0 amide bonds. The van der Waals surface area contributed by atoms with Gasteiger partial charge < -0.3 is 4.74 Å². The lowest BCUT2D eigenvalue weighted by molar-refractivity contribution is 0.283. The molecule has 0 aliphatic rings. The number of benzene rings is 1. The van der Waals surface area contributed by atoms with Crippen molar-refractivity contribution in [2.75, 3.05) is 0 Å². The molecule has 0 spiro atoms. The third-order valence-electron chi connectivity index (χ3n) is 5.26. The number of hydrogen-bond acceptors (Lipinski definition) is 6. The summed E-state index contributed by atoms with van der Waals surface area (Å²) in [6, 6.07) is 7.33. The van der Waals surface area contributed by atoms with E-state index in [0.717, 1.165) is 28.3 Å². The SMILES string of the molecule is Cc1cnc(C(C)C)nc1-c1ccc(Cl)c(-n2c(C)nc(OCc3ccn(C)n3)c(Br)c2=O)c1. The first-order chi connectivity index (χ1) is 16.2. The van der Waals surface area contributed by atoms with Crippen LogP contribution in [0.3, 0.4) is 0 Å². The molecule has 3 heterocycles. The highest BCUT2D eigenvalue weighted by atomic mass is 79.9. The summed E-state index contributed by atoms with van der Waals surface area (Å²) in [7, 11) is 1.83. The van der Waals surface area contributed by atoms with Crippen LogP contribution in [0.5, 0.6) is 5.88 Å². The summed E-state index contributed by atoms with van der Waals surface area (Å²) in [6.45, 7) is 7.97. The van der Waals surface area contributed by atoms with E-state index >= 15 is 0 Å². The fraction of sp³-hybridized carbons (Fsp3) is 0.292. The van der Waals surface area contributed by atoms with Gasteiger partial charge in [-0.2, -0.15) is 10.1 Å². The Balaban J connectivity index is 1.76. The normalized spacial score (nSPS) is 11.3. The largest absolute Gasteiger partial charge is 0.470 e. The zero-order chi connectivity index (χ0) is 24.6. The second kappa shape index (κ2) is 9.68. The van der Waals surface area contributed by atoms with Gasteiger partial charge in [-0.15, -0.1) is 0 Å². The van der Waals surface area contributed by atoms with Gasteiger partial charge in [-0.25, -0.2) is 9.97 Å². The smallest absolute Gasteiger partial charge is 0.276 e. The Hall–Kier alpha value is -3.04. The highest BCUT2D eigenvalue weighted by Gasteiger charge is 2.19. The van der Waals surface area contributed by atoms with E-state index in [1.165, 1.54) is 4.57 Å². The van der Waals surface area contributed by atoms with Crippen molar-refractivity contribution in [3.8, 4) is 22.8 Å². The van der Waals surface area contributed by atoms with E-state index in [1.807, 2.05) is 58.4 Å². The molecular weight excluding hydrogens is 520 g/mol. The maximum atomic E-state index is 13.3. The van der Waals surface area contributed by atoms with Crippen LogP contribution in [0.2, 0.25) is 5.02 Å². The number of rotatable bonds is 6. The van der Waals surface area contributed by atoms with Gasteiger partial charge in [0.15, 0.2) is 0 Å². The Morgan fingerprint density at radius 3 is 2.62 bits per heavy atom. The summed E-state index contributed by atoms with van der Waals surface area (Å²) >= 11 is 9.90. The third kappa shape index (κ3) is 4.76. The molecule has 0 radical (unpaired) electrons. The number of ether oxygens (including phenoxy) is 1. The molecule has 4 rings (SSSR count). The maximum absolute atomic E-state index is 13.3. The van der Waals surface area contributed by atoms with Crippen molar-refractivity contribution in [1.82, 2.24) is 29.3 Å². The molecule has 0 N–H and O–H groups in total. The monoisotopic (exact) mass is 542 g/mol. The standard InChI is InChI=1S/C24H24BrClN6O2/c1-13(2)22-27-11-14(3)21(29-22)16-6-7-18(26)19(10-16)32-15(4)28-23(20(25)24(32)33)34-12-17-8-9-31(5)30-17/h6-11,13H,12H2,1-5H3. The Kier molecular flexibility index (Phi) is 6.86. The van der Waals surface area contributed by atoms with Gasteiger partial charge >= 0.3 is 0 Å². The number of aromatic nitrogens is 6. The fourth-order valence-corrected chi connectivity index (χ4v) is 4.08. The predicted molar refractivity (Wildman–Crippen MR) is 135 cm³/mol. The number of hydrogen-bond donors (Lipinski definition) is 0. The Morgan fingerprint density at radius 2 is 1.94 bits per heavy atom. The molecule has 4 aromatic rings. The molecule has 0 bridgehead atoms. The van der Waals surface area contributed by atoms with Crippen LogP contribution in [0.1, 0.15) is 42.7 Å². The summed E-state index contributed by atoms with van der Waals surface area (Å²) < 4.78 is 9.12. The zero-order valence-corrected chi connectivity index (χ0v) is 21.8. The van der Waals surface area contributed by atoms with Crippen molar-refractivity contribution >= 4 is 27.5 Å². The quantitative estimate of drug-likeness (QED) is 0.334. The van der Waals surface area contributed by atoms with Gasteiger partial charge in [0.1, 0.15) is 22.7 Å². The first-order valence-corrected chi connectivity index (χ1v) is 11.9. The molecular formula is C24H24BrClN6O2. The van der Waals surface area contributed by atoms with Crippen molar-refractivity contribution in [3.05, 3.63) is 79.4 Å². The van der Waals surface area contributed by atoms with Crippen LogP contribution in [0, 0.1) is 13.8 Å². The van der Waals surface area contributed by atoms with Crippen LogP contribution >= 0.6 is 27.5 Å². The lowest BCUT2D eigenvalue weighted by atomic mass is 10.1. The van der Waals surface area contributed by atoms with Gasteiger partial charge in [0.2, 0.25) is 5.88 Å². The second-order valence-corrected chi connectivity index (χ2v) is 9.47. The van der Waals surface area contributed by atoms with Crippen molar-refractivity contribution < 1.29 is 4.74 Å². The van der Waals surface area contributed by atoms with Crippen LogP contribution < -0.4 is 10.3 Å². The van der Waals surface area contributed by atoms with Gasteiger partial charge in [0.05, 0.1) is 22.1 Å². The third-order valence-corrected chi connectivity index (χ3v) is 6.26. The van der Waals surface area contributed by atoms with E-state index in [0.29, 0.717) is 16.5 Å². The average Bonchev–Trinajstić information content (AvgIpc) is 3.22. The molecule has 0 aliphatic heterocycles. The minimum absolute atomic E-state index is 0.190. The molecule has 0 saturated carbocycles. The molecule has 0 unspecified atom stereocenters. The lowest BCUT2D eigenvalue weighted by Crippen LogP contribution is -2.24. The summed E-state index contributed by atoms with van der Waals surface area (Å²) in [5.41, 5.74) is 3.47. The summed E-state index contributed by atoms with van der Waals surface area (Å²) in [4.78, 5) is 27.0. The number of nitrogens with zero attached hydrogens (tertiary/aromatic N) is 6. The zero-order valence-electron chi connectivity index (χ0n) is 19.5. The molecule has 0 aliphatic carbocycles. The van der Waals surface area contributed by atoms with Crippen LogP contribution in [-0.2, 0) is 13.7 Å². The summed E-state index contributed by atoms with van der Waals surface area (Å²) in [5, 5.41) is 4.69. The first kappa shape index (κ1) is 24.1.